The number of nitrogens with zero attached hydrogens (tertiary/aromatic N) is 1. The second-order valence-corrected chi connectivity index (χ2v) is 9.11. The molecule has 16 heteroatoms. The molecule has 10 N–H and O–H groups in total. The first-order valence-corrected chi connectivity index (χ1v) is 12.7. The summed E-state index contributed by atoms with van der Waals surface area (Å²) in [7, 11) is 0. The van der Waals surface area contributed by atoms with Crippen molar-refractivity contribution in [3.05, 3.63) is 18.2 Å². The number of carbonyl (C=O) groups excluding carboxylic acids is 4. The van der Waals surface area contributed by atoms with Gasteiger partial charge in [0.05, 0.1) is 12.4 Å². The van der Waals surface area contributed by atoms with E-state index in [0.29, 0.717) is 11.4 Å². The Kier molecular flexibility index (Phi) is 13.7. The fourth-order valence-electron chi connectivity index (χ4n) is 3.11. The number of nitrogens with one attached hydrogen (secondary N) is 4. The van der Waals surface area contributed by atoms with Crippen molar-refractivity contribution in [3.8, 4) is 0 Å². The minimum absolute atomic E-state index is 0.0786. The van der Waals surface area contributed by atoms with Crippen molar-refractivity contribution in [2.75, 3.05) is 12.0 Å². The van der Waals surface area contributed by atoms with Gasteiger partial charge in [0.15, 0.2) is 0 Å². The van der Waals surface area contributed by atoms with Gasteiger partial charge in [-0.1, -0.05) is 0 Å². The normalized spacial score (nSPS) is 14.0. The van der Waals surface area contributed by atoms with E-state index in [4.69, 9.17) is 16.6 Å². The monoisotopic (exact) mass is 543 g/mol. The van der Waals surface area contributed by atoms with Crippen molar-refractivity contribution < 1.29 is 39.0 Å². The highest BCUT2D eigenvalue weighted by Crippen LogP contribution is 2.07. The lowest BCUT2D eigenvalue weighted by Gasteiger charge is -2.25. The zero-order chi connectivity index (χ0) is 28.0. The van der Waals surface area contributed by atoms with E-state index in [1.807, 2.05) is 0 Å². The van der Waals surface area contributed by atoms with Gasteiger partial charge >= 0.3 is 11.9 Å². The molecule has 0 aromatic carbocycles. The Labute approximate surface area is 216 Å². The van der Waals surface area contributed by atoms with Crippen molar-refractivity contribution in [1.82, 2.24) is 25.9 Å². The Morgan fingerprint density at radius 1 is 0.946 bits per heavy atom. The molecule has 1 aromatic rings. The van der Waals surface area contributed by atoms with Crippen LogP contribution in [0.2, 0.25) is 0 Å². The number of H-pyrrole nitrogens is 1. The number of aromatic amines is 1. The summed E-state index contributed by atoms with van der Waals surface area (Å²) in [5.74, 6) is -5.17. The van der Waals surface area contributed by atoms with Gasteiger partial charge in [0.25, 0.3) is 0 Å². The summed E-state index contributed by atoms with van der Waals surface area (Å²) in [5.41, 5.74) is 11.2. The second-order valence-electron chi connectivity index (χ2n) is 8.13. The molecule has 0 aliphatic rings. The first-order valence-electron chi connectivity index (χ1n) is 11.3. The quantitative estimate of drug-likeness (QED) is 0.0976. The van der Waals surface area contributed by atoms with Crippen LogP contribution in [0.4, 0.5) is 0 Å². The van der Waals surface area contributed by atoms with Crippen molar-refractivity contribution in [2.45, 2.75) is 62.7 Å². The van der Waals surface area contributed by atoms with Gasteiger partial charge in [0.2, 0.25) is 23.6 Å². The number of aliphatic carboxylic acids is 2. The molecule has 206 valence electrons. The van der Waals surface area contributed by atoms with Gasteiger partial charge in [0.1, 0.15) is 18.1 Å². The Morgan fingerprint density at radius 2 is 1.54 bits per heavy atom. The molecule has 0 fully saturated rings. The molecule has 0 aliphatic carbocycles. The van der Waals surface area contributed by atoms with Gasteiger partial charge in [-0.05, 0) is 31.3 Å². The van der Waals surface area contributed by atoms with Crippen LogP contribution in [0, 0.1) is 0 Å². The third kappa shape index (κ3) is 12.2. The van der Waals surface area contributed by atoms with E-state index in [0.717, 1.165) is 0 Å². The first kappa shape index (κ1) is 31.4. The number of primary amides is 1. The third-order valence-electron chi connectivity index (χ3n) is 5.16. The largest absolute Gasteiger partial charge is 0.481 e. The minimum atomic E-state index is -1.35. The molecule has 4 amide bonds. The van der Waals surface area contributed by atoms with Crippen molar-refractivity contribution in [1.29, 1.82) is 0 Å². The Bertz CT molecular complexity index is 943. The molecular weight excluding hydrogens is 510 g/mol. The highest BCUT2D eigenvalue weighted by molar-refractivity contribution is 7.98. The number of amides is 4. The Hall–Kier alpha value is -3.66. The Morgan fingerprint density at radius 3 is 2.05 bits per heavy atom. The lowest BCUT2D eigenvalue weighted by Crippen LogP contribution is -2.57. The van der Waals surface area contributed by atoms with E-state index in [-0.39, 0.29) is 32.1 Å². The van der Waals surface area contributed by atoms with Gasteiger partial charge in [-0.3, -0.25) is 24.0 Å². The maximum Gasteiger partial charge on any atom is 0.326 e. The van der Waals surface area contributed by atoms with Gasteiger partial charge in [-0.2, -0.15) is 11.8 Å². The predicted octanol–water partition coefficient (Wildman–Crippen LogP) is -2.30. The summed E-state index contributed by atoms with van der Waals surface area (Å²) in [6.07, 6.45) is 3.59. The van der Waals surface area contributed by atoms with E-state index < -0.39 is 66.2 Å². The number of carboxylic acid groups (broad SMARTS) is 2. The molecule has 1 rings (SSSR count). The van der Waals surface area contributed by atoms with Crippen LogP contribution in [-0.2, 0) is 35.2 Å². The number of hydrogen-bond donors (Lipinski definition) is 8. The lowest BCUT2D eigenvalue weighted by atomic mass is 10.1. The SMILES string of the molecule is CSCCC(NC(=O)C(CCC(=O)O)NC(=O)C(N)CCC(N)=O)C(=O)NC(Cc1cnc[nH]1)C(=O)O. The molecule has 1 aromatic heterocycles. The smallest absolute Gasteiger partial charge is 0.326 e. The van der Waals surface area contributed by atoms with E-state index in [1.165, 1.54) is 24.3 Å². The number of imidazole rings is 1. The molecule has 0 spiro atoms. The van der Waals surface area contributed by atoms with E-state index >= 15 is 0 Å². The first-order chi connectivity index (χ1) is 17.4. The standard InChI is InChI=1S/C21H33N7O8S/c1-37-7-6-14(20(34)28-15(21(35)36)8-11-9-24-10-25-11)27-19(33)13(3-5-17(30)31)26-18(32)12(22)2-4-16(23)29/h9-10,12-15H,2-8,22H2,1H3,(H2,23,29)(H,24,25)(H,26,32)(H,27,33)(H,28,34)(H,30,31)(H,35,36). The van der Waals surface area contributed by atoms with Crippen molar-refractivity contribution >= 4 is 47.3 Å². The highest BCUT2D eigenvalue weighted by Gasteiger charge is 2.30. The van der Waals surface area contributed by atoms with Crippen LogP contribution in [0.5, 0.6) is 0 Å². The maximum atomic E-state index is 13.0. The molecule has 0 bridgehead atoms. The van der Waals surface area contributed by atoms with Crippen molar-refractivity contribution in [3.63, 3.8) is 0 Å². The minimum Gasteiger partial charge on any atom is -0.481 e. The van der Waals surface area contributed by atoms with E-state index in [2.05, 4.69) is 25.9 Å². The summed E-state index contributed by atoms with van der Waals surface area (Å²) in [6.45, 7) is 0. The van der Waals surface area contributed by atoms with E-state index in [1.54, 1.807) is 6.26 Å². The van der Waals surface area contributed by atoms with Crippen LogP contribution < -0.4 is 27.4 Å². The molecule has 4 unspecified atom stereocenters. The second kappa shape index (κ2) is 16.2. The van der Waals surface area contributed by atoms with Gasteiger partial charge in [0, 0.05) is 31.2 Å². The third-order valence-corrected chi connectivity index (χ3v) is 5.80. The molecule has 15 nitrogen and oxygen atoms in total. The van der Waals surface area contributed by atoms with Gasteiger partial charge in [-0.25, -0.2) is 9.78 Å². The fraction of sp³-hybridized carbons (Fsp3) is 0.571. The summed E-state index contributed by atoms with van der Waals surface area (Å²) in [4.78, 5) is 78.5. The molecule has 0 radical (unpaired) electrons. The molecule has 37 heavy (non-hydrogen) atoms. The fourth-order valence-corrected chi connectivity index (χ4v) is 3.58. The average Bonchev–Trinajstić information content (AvgIpc) is 3.34. The van der Waals surface area contributed by atoms with Gasteiger partial charge in [-0.15, -0.1) is 0 Å². The number of nitrogens with two attached hydrogens (primary N) is 2. The predicted molar refractivity (Wildman–Crippen MR) is 132 cm³/mol. The van der Waals surface area contributed by atoms with Crippen LogP contribution in [-0.4, -0.2) is 91.9 Å². The number of carbonyl (C=O) groups is 6. The van der Waals surface area contributed by atoms with Crippen LogP contribution >= 0.6 is 11.8 Å². The van der Waals surface area contributed by atoms with Gasteiger partial charge < -0.3 is 42.6 Å². The number of rotatable bonds is 18. The van der Waals surface area contributed by atoms with Crippen LogP contribution in [0.3, 0.4) is 0 Å². The number of thioether (sulfide) groups is 1. The topological polar surface area (TPSA) is 260 Å². The van der Waals surface area contributed by atoms with E-state index in [9.17, 15) is 33.9 Å². The molecule has 0 aliphatic heterocycles. The van der Waals surface area contributed by atoms with Crippen LogP contribution in [0.1, 0.15) is 37.8 Å². The molecular formula is C21H33N7O8S. The lowest BCUT2D eigenvalue weighted by molar-refractivity contribution is -0.142. The molecule has 0 saturated carbocycles. The summed E-state index contributed by atoms with van der Waals surface area (Å²) in [6, 6.07) is -5.01. The zero-order valence-corrected chi connectivity index (χ0v) is 21.1. The van der Waals surface area contributed by atoms with Crippen molar-refractivity contribution in [2.24, 2.45) is 11.5 Å². The number of carboxylic acids is 2. The highest BCUT2D eigenvalue weighted by atomic mass is 32.2. The maximum absolute atomic E-state index is 13.0. The molecule has 1 heterocycles. The number of hydrogen-bond acceptors (Lipinski definition) is 9. The average molecular weight is 544 g/mol. The summed E-state index contributed by atoms with van der Waals surface area (Å²) in [5, 5.41) is 25.8. The summed E-state index contributed by atoms with van der Waals surface area (Å²) < 4.78 is 0. The van der Waals surface area contributed by atoms with Crippen LogP contribution in [0.15, 0.2) is 12.5 Å². The Balaban J connectivity index is 2.96. The zero-order valence-electron chi connectivity index (χ0n) is 20.3. The number of aromatic nitrogens is 2. The summed E-state index contributed by atoms with van der Waals surface area (Å²) >= 11 is 1.39. The molecule has 0 saturated heterocycles. The molecule has 4 atom stereocenters. The van der Waals surface area contributed by atoms with Crippen LogP contribution in [0.25, 0.3) is 0 Å².